The van der Waals surface area contributed by atoms with Crippen LogP contribution in [0.25, 0.3) is 11.2 Å². The summed E-state index contributed by atoms with van der Waals surface area (Å²) in [6, 6.07) is 6.71. The van der Waals surface area contributed by atoms with Gasteiger partial charge in [0, 0.05) is 19.7 Å². The highest BCUT2D eigenvalue weighted by molar-refractivity contribution is 5.71. The molecule has 0 aliphatic carbocycles. The minimum Gasteiger partial charge on any atom is -0.347 e. The molecule has 20 heavy (non-hydrogen) atoms. The molecule has 0 spiro atoms. The van der Waals surface area contributed by atoms with Gasteiger partial charge in [-0.1, -0.05) is 18.2 Å². The molecule has 102 valence electrons. The number of anilines is 1. The smallest absolute Gasteiger partial charge is 0.226 e. The first-order valence-corrected chi connectivity index (χ1v) is 6.24. The Morgan fingerprint density at radius 3 is 2.75 bits per heavy atom. The van der Waals surface area contributed by atoms with Gasteiger partial charge in [0.05, 0.1) is 19.1 Å². The maximum atomic E-state index is 13.7. The summed E-state index contributed by atoms with van der Waals surface area (Å²) in [7, 11) is 3.75. The molecule has 3 aromatic rings. The lowest BCUT2D eigenvalue weighted by Crippen LogP contribution is -2.13. The fraction of sp³-hybridized carbons (Fsp3) is 0.214. The average molecular weight is 271 g/mol. The van der Waals surface area contributed by atoms with E-state index >= 15 is 0 Å². The number of halogens is 1. The molecule has 0 aliphatic heterocycles. The monoisotopic (exact) mass is 271 g/mol. The fourth-order valence-corrected chi connectivity index (χ4v) is 1.99. The second kappa shape index (κ2) is 4.88. The van der Waals surface area contributed by atoms with Gasteiger partial charge in [-0.05, 0) is 6.07 Å². The number of hydrogen-bond donors (Lipinski definition) is 0. The SMILES string of the molecule is CN(C)c1ncc2ncn(Cc3ccccc3F)c2n1. The Morgan fingerprint density at radius 1 is 1.20 bits per heavy atom. The van der Waals surface area contributed by atoms with E-state index in [0.29, 0.717) is 29.2 Å². The maximum absolute atomic E-state index is 13.7. The summed E-state index contributed by atoms with van der Waals surface area (Å²) < 4.78 is 15.5. The van der Waals surface area contributed by atoms with Gasteiger partial charge in [0.2, 0.25) is 5.95 Å². The average Bonchev–Trinajstić information content (AvgIpc) is 2.84. The van der Waals surface area contributed by atoms with Gasteiger partial charge in [-0.3, -0.25) is 0 Å². The van der Waals surface area contributed by atoms with Gasteiger partial charge >= 0.3 is 0 Å². The number of aromatic nitrogens is 4. The molecule has 3 rings (SSSR count). The van der Waals surface area contributed by atoms with Gasteiger partial charge in [-0.15, -0.1) is 0 Å². The molecule has 0 N–H and O–H groups in total. The van der Waals surface area contributed by atoms with Crippen LogP contribution < -0.4 is 4.90 Å². The number of fused-ring (bicyclic) bond motifs is 1. The zero-order chi connectivity index (χ0) is 14.1. The topological polar surface area (TPSA) is 46.8 Å². The van der Waals surface area contributed by atoms with Crippen LogP contribution in [-0.4, -0.2) is 33.6 Å². The third-order valence-corrected chi connectivity index (χ3v) is 3.04. The largest absolute Gasteiger partial charge is 0.347 e. The lowest BCUT2D eigenvalue weighted by atomic mass is 10.2. The van der Waals surface area contributed by atoms with E-state index in [9.17, 15) is 4.39 Å². The minimum absolute atomic E-state index is 0.226. The molecule has 0 aliphatic rings. The van der Waals surface area contributed by atoms with E-state index in [1.54, 1.807) is 24.7 Å². The van der Waals surface area contributed by atoms with Crippen LogP contribution in [0.1, 0.15) is 5.56 Å². The Labute approximate surface area is 115 Å². The lowest BCUT2D eigenvalue weighted by Gasteiger charge is -2.10. The summed E-state index contributed by atoms with van der Waals surface area (Å²) in [5.74, 6) is 0.379. The van der Waals surface area contributed by atoms with Crippen molar-refractivity contribution < 1.29 is 4.39 Å². The van der Waals surface area contributed by atoms with Gasteiger partial charge in [0.25, 0.3) is 0 Å². The summed E-state index contributed by atoms with van der Waals surface area (Å²) in [6.45, 7) is 0.396. The standard InChI is InChI=1S/C14H14FN5/c1-19(2)14-16-7-12-13(18-14)20(9-17-12)8-10-5-3-4-6-11(10)15/h3-7,9H,8H2,1-2H3. The van der Waals surface area contributed by atoms with Crippen LogP contribution in [0.4, 0.5) is 10.3 Å². The Kier molecular flexibility index (Phi) is 3.06. The Bertz CT molecular complexity index is 750. The highest BCUT2D eigenvalue weighted by Gasteiger charge is 2.09. The maximum Gasteiger partial charge on any atom is 0.226 e. The molecule has 0 amide bonds. The van der Waals surface area contributed by atoms with Crippen molar-refractivity contribution in [2.24, 2.45) is 0 Å². The van der Waals surface area contributed by atoms with Crippen LogP contribution in [0.2, 0.25) is 0 Å². The zero-order valence-electron chi connectivity index (χ0n) is 11.3. The minimum atomic E-state index is -0.226. The highest BCUT2D eigenvalue weighted by atomic mass is 19.1. The summed E-state index contributed by atoms with van der Waals surface area (Å²) in [4.78, 5) is 14.7. The van der Waals surface area contributed by atoms with Crippen molar-refractivity contribution in [3.63, 3.8) is 0 Å². The lowest BCUT2D eigenvalue weighted by molar-refractivity contribution is 0.601. The molecule has 0 unspecified atom stereocenters. The van der Waals surface area contributed by atoms with E-state index in [1.165, 1.54) is 6.07 Å². The predicted octanol–water partition coefficient (Wildman–Crippen LogP) is 2.08. The first-order chi connectivity index (χ1) is 9.65. The van der Waals surface area contributed by atoms with Crippen molar-refractivity contribution in [1.82, 2.24) is 19.5 Å². The highest BCUT2D eigenvalue weighted by Crippen LogP contribution is 2.15. The molecular weight excluding hydrogens is 257 g/mol. The number of rotatable bonds is 3. The molecule has 0 radical (unpaired) electrons. The molecule has 0 saturated heterocycles. The summed E-state index contributed by atoms with van der Waals surface area (Å²) in [6.07, 6.45) is 3.33. The molecule has 2 heterocycles. The van der Waals surface area contributed by atoms with Gasteiger partial charge < -0.3 is 9.47 Å². The number of hydrogen-bond acceptors (Lipinski definition) is 4. The van der Waals surface area contributed by atoms with Crippen LogP contribution >= 0.6 is 0 Å². The van der Waals surface area contributed by atoms with E-state index in [2.05, 4.69) is 15.0 Å². The Morgan fingerprint density at radius 2 is 2.00 bits per heavy atom. The normalized spacial score (nSPS) is 10.9. The van der Waals surface area contributed by atoms with Crippen LogP contribution in [0.3, 0.4) is 0 Å². The second-order valence-electron chi connectivity index (χ2n) is 4.74. The van der Waals surface area contributed by atoms with Gasteiger partial charge in [-0.25, -0.2) is 14.4 Å². The summed E-state index contributed by atoms with van der Waals surface area (Å²) in [5.41, 5.74) is 2.01. The number of imidazole rings is 1. The van der Waals surface area contributed by atoms with Crippen LogP contribution in [0, 0.1) is 5.82 Å². The Balaban J connectivity index is 2.03. The Hall–Kier alpha value is -2.50. The van der Waals surface area contributed by atoms with Crippen LogP contribution in [0.15, 0.2) is 36.8 Å². The van der Waals surface area contributed by atoms with E-state index in [1.807, 2.05) is 29.6 Å². The van der Waals surface area contributed by atoms with Crippen molar-refractivity contribution in [2.45, 2.75) is 6.54 Å². The molecule has 0 fully saturated rings. The molecule has 5 nitrogen and oxygen atoms in total. The van der Waals surface area contributed by atoms with Crippen LogP contribution in [0.5, 0.6) is 0 Å². The predicted molar refractivity (Wildman–Crippen MR) is 75.2 cm³/mol. The number of benzene rings is 1. The van der Waals surface area contributed by atoms with Gasteiger partial charge in [0.15, 0.2) is 5.65 Å². The molecule has 0 bridgehead atoms. The van der Waals surface area contributed by atoms with E-state index < -0.39 is 0 Å². The zero-order valence-corrected chi connectivity index (χ0v) is 11.3. The third-order valence-electron chi connectivity index (χ3n) is 3.04. The number of nitrogens with zero attached hydrogens (tertiary/aromatic N) is 5. The molecule has 1 aromatic carbocycles. The van der Waals surface area contributed by atoms with Gasteiger partial charge in [0.1, 0.15) is 11.3 Å². The molecular formula is C14H14FN5. The fourth-order valence-electron chi connectivity index (χ4n) is 1.99. The first-order valence-electron chi connectivity index (χ1n) is 6.24. The first kappa shape index (κ1) is 12.5. The molecule has 2 aromatic heterocycles. The molecule has 6 heteroatoms. The van der Waals surface area contributed by atoms with Crippen molar-refractivity contribution in [3.05, 3.63) is 48.2 Å². The summed E-state index contributed by atoms with van der Waals surface area (Å²) in [5, 5.41) is 0. The summed E-state index contributed by atoms with van der Waals surface area (Å²) >= 11 is 0. The van der Waals surface area contributed by atoms with E-state index in [4.69, 9.17) is 0 Å². The second-order valence-corrected chi connectivity index (χ2v) is 4.74. The molecule has 0 atom stereocenters. The quantitative estimate of drug-likeness (QED) is 0.731. The van der Waals surface area contributed by atoms with Crippen molar-refractivity contribution in [3.8, 4) is 0 Å². The van der Waals surface area contributed by atoms with Crippen LogP contribution in [-0.2, 0) is 6.54 Å². The van der Waals surface area contributed by atoms with Gasteiger partial charge in [-0.2, -0.15) is 4.98 Å². The van der Waals surface area contributed by atoms with Crippen molar-refractivity contribution >= 4 is 17.1 Å². The third kappa shape index (κ3) is 2.20. The molecule has 0 saturated carbocycles. The van der Waals surface area contributed by atoms with Crippen molar-refractivity contribution in [1.29, 1.82) is 0 Å². The van der Waals surface area contributed by atoms with Crippen molar-refractivity contribution in [2.75, 3.05) is 19.0 Å². The van der Waals surface area contributed by atoms with E-state index in [-0.39, 0.29) is 5.82 Å². The van der Waals surface area contributed by atoms with E-state index in [0.717, 1.165) is 0 Å².